The van der Waals surface area contributed by atoms with Crippen LogP contribution in [0.2, 0.25) is 0 Å². The lowest BCUT2D eigenvalue weighted by atomic mass is 10.0. The number of likely N-dealkylation sites (tertiary alicyclic amines) is 1. The quantitative estimate of drug-likeness (QED) is 0.765. The molecule has 1 amide bonds. The number of carbonyl (C=O) groups excluding carboxylic acids is 1. The fourth-order valence-electron chi connectivity index (χ4n) is 3.21. The zero-order valence-corrected chi connectivity index (χ0v) is 11.5. The van der Waals surface area contributed by atoms with E-state index < -0.39 is 0 Å². The Labute approximate surface area is 114 Å². The van der Waals surface area contributed by atoms with Gasteiger partial charge in [0.2, 0.25) is 5.91 Å². The van der Waals surface area contributed by atoms with E-state index >= 15 is 0 Å². The lowest BCUT2D eigenvalue weighted by molar-refractivity contribution is -0.132. The van der Waals surface area contributed by atoms with Gasteiger partial charge in [0.25, 0.3) is 0 Å². The van der Waals surface area contributed by atoms with E-state index in [0.717, 1.165) is 44.8 Å². The molecule has 2 atom stereocenters. The van der Waals surface area contributed by atoms with Crippen molar-refractivity contribution in [2.24, 2.45) is 5.73 Å². The molecule has 5 heteroatoms. The van der Waals surface area contributed by atoms with Crippen LogP contribution in [0.3, 0.4) is 0 Å². The van der Waals surface area contributed by atoms with E-state index in [1.807, 2.05) is 0 Å². The van der Waals surface area contributed by atoms with Crippen molar-refractivity contribution in [3.05, 3.63) is 0 Å². The second kappa shape index (κ2) is 5.77. The molecule has 0 spiro atoms. The van der Waals surface area contributed by atoms with E-state index in [9.17, 15) is 4.79 Å². The van der Waals surface area contributed by atoms with Gasteiger partial charge in [-0.1, -0.05) is 0 Å². The van der Waals surface area contributed by atoms with Crippen LogP contribution in [0.1, 0.15) is 38.5 Å². The molecular formula is C14H25N3O2. The molecule has 1 saturated carbocycles. The average molecular weight is 267 g/mol. The van der Waals surface area contributed by atoms with Gasteiger partial charge in [-0.05, 0) is 38.5 Å². The Kier molecular flexibility index (Phi) is 4.05. The van der Waals surface area contributed by atoms with Crippen molar-refractivity contribution in [1.29, 1.82) is 0 Å². The molecule has 2 heterocycles. The molecule has 3 rings (SSSR count). The van der Waals surface area contributed by atoms with Crippen molar-refractivity contribution in [2.45, 2.75) is 62.8 Å². The van der Waals surface area contributed by atoms with Crippen LogP contribution in [0.5, 0.6) is 0 Å². The maximum absolute atomic E-state index is 12.1. The molecular weight excluding hydrogens is 242 g/mol. The number of rotatable bonds is 4. The summed E-state index contributed by atoms with van der Waals surface area (Å²) in [5.74, 6) is 0.0702. The molecule has 0 aromatic heterocycles. The van der Waals surface area contributed by atoms with Gasteiger partial charge in [0.15, 0.2) is 0 Å². The van der Waals surface area contributed by atoms with Crippen LogP contribution in [0.15, 0.2) is 0 Å². The maximum atomic E-state index is 12.1. The maximum Gasteiger partial charge on any atom is 0.249 e. The molecule has 1 aliphatic carbocycles. The van der Waals surface area contributed by atoms with Crippen molar-refractivity contribution >= 4 is 5.91 Å². The van der Waals surface area contributed by atoms with Crippen molar-refractivity contribution in [3.63, 3.8) is 0 Å². The normalized spacial score (nSPS) is 33.5. The number of nitrogens with zero attached hydrogens (tertiary/aromatic N) is 1. The highest BCUT2D eigenvalue weighted by Gasteiger charge is 2.34. The van der Waals surface area contributed by atoms with E-state index in [2.05, 4.69) is 10.2 Å². The average Bonchev–Trinajstić information content (AvgIpc) is 3.17. The predicted molar refractivity (Wildman–Crippen MR) is 72.7 cm³/mol. The van der Waals surface area contributed by atoms with Gasteiger partial charge in [-0.15, -0.1) is 0 Å². The SMILES string of the molecule is NCC1CCC(C(=O)NC2CCN(C3CC3)CC2)O1. The van der Waals surface area contributed by atoms with Crippen LogP contribution in [0, 0.1) is 0 Å². The zero-order chi connectivity index (χ0) is 13.2. The minimum Gasteiger partial charge on any atom is -0.364 e. The van der Waals surface area contributed by atoms with Crippen LogP contribution in [0.25, 0.3) is 0 Å². The number of nitrogens with two attached hydrogens (primary N) is 1. The molecule has 3 aliphatic rings. The minimum absolute atomic E-state index is 0.0702. The number of carbonyl (C=O) groups is 1. The molecule has 3 fully saturated rings. The number of nitrogens with one attached hydrogen (secondary N) is 1. The van der Waals surface area contributed by atoms with E-state index in [1.165, 1.54) is 12.8 Å². The van der Waals surface area contributed by atoms with Crippen LogP contribution in [-0.2, 0) is 9.53 Å². The van der Waals surface area contributed by atoms with E-state index in [4.69, 9.17) is 10.5 Å². The van der Waals surface area contributed by atoms with Gasteiger partial charge in [-0.3, -0.25) is 4.79 Å². The molecule has 19 heavy (non-hydrogen) atoms. The van der Waals surface area contributed by atoms with Gasteiger partial charge < -0.3 is 20.7 Å². The monoisotopic (exact) mass is 267 g/mol. The lowest BCUT2D eigenvalue weighted by Crippen LogP contribution is -2.48. The van der Waals surface area contributed by atoms with E-state index in [0.29, 0.717) is 12.6 Å². The summed E-state index contributed by atoms with van der Waals surface area (Å²) >= 11 is 0. The first-order chi connectivity index (χ1) is 9.26. The Morgan fingerprint density at radius 3 is 2.47 bits per heavy atom. The molecule has 2 unspecified atom stereocenters. The number of hydrogen-bond donors (Lipinski definition) is 2. The third kappa shape index (κ3) is 3.27. The molecule has 0 aromatic rings. The Hall–Kier alpha value is -0.650. The largest absolute Gasteiger partial charge is 0.364 e. The Bertz CT molecular complexity index is 325. The molecule has 3 N–H and O–H groups in total. The van der Waals surface area contributed by atoms with Gasteiger partial charge in [-0.25, -0.2) is 0 Å². The van der Waals surface area contributed by atoms with E-state index in [1.54, 1.807) is 0 Å². The molecule has 5 nitrogen and oxygen atoms in total. The number of piperidine rings is 1. The van der Waals surface area contributed by atoms with Gasteiger partial charge in [0.1, 0.15) is 6.10 Å². The summed E-state index contributed by atoms with van der Waals surface area (Å²) in [4.78, 5) is 14.7. The molecule has 2 saturated heterocycles. The summed E-state index contributed by atoms with van der Waals surface area (Å²) in [6.07, 6.45) is 6.43. The molecule has 0 bridgehead atoms. The van der Waals surface area contributed by atoms with Gasteiger partial charge in [0.05, 0.1) is 6.10 Å². The lowest BCUT2D eigenvalue weighted by Gasteiger charge is -2.32. The van der Waals surface area contributed by atoms with Gasteiger partial charge >= 0.3 is 0 Å². The smallest absolute Gasteiger partial charge is 0.249 e. The summed E-state index contributed by atoms with van der Waals surface area (Å²) in [5, 5.41) is 3.15. The second-order valence-electron chi connectivity index (χ2n) is 6.11. The summed E-state index contributed by atoms with van der Waals surface area (Å²) in [6, 6.07) is 1.18. The molecule has 0 aromatic carbocycles. The van der Waals surface area contributed by atoms with Crippen LogP contribution in [-0.4, -0.2) is 54.7 Å². The first-order valence-electron chi connectivity index (χ1n) is 7.66. The van der Waals surface area contributed by atoms with Gasteiger partial charge in [0, 0.05) is 31.7 Å². The minimum atomic E-state index is -0.269. The molecule has 0 radical (unpaired) electrons. The van der Waals surface area contributed by atoms with Crippen LogP contribution < -0.4 is 11.1 Å². The fraction of sp³-hybridized carbons (Fsp3) is 0.929. The highest BCUT2D eigenvalue weighted by molar-refractivity contribution is 5.81. The van der Waals surface area contributed by atoms with Crippen molar-refractivity contribution in [1.82, 2.24) is 10.2 Å². The van der Waals surface area contributed by atoms with Crippen LogP contribution in [0.4, 0.5) is 0 Å². The summed E-state index contributed by atoms with van der Waals surface area (Å²) < 4.78 is 5.64. The first kappa shape index (κ1) is 13.3. The summed E-state index contributed by atoms with van der Waals surface area (Å²) in [6.45, 7) is 2.78. The number of amides is 1. The number of hydrogen-bond acceptors (Lipinski definition) is 4. The Morgan fingerprint density at radius 2 is 1.89 bits per heavy atom. The third-order valence-corrected chi connectivity index (χ3v) is 4.60. The van der Waals surface area contributed by atoms with Crippen molar-refractivity contribution in [3.8, 4) is 0 Å². The topological polar surface area (TPSA) is 67.6 Å². The summed E-state index contributed by atoms with van der Waals surface area (Å²) in [7, 11) is 0. The number of ether oxygens (including phenoxy) is 1. The summed E-state index contributed by atoms with van der Waals surface area (Å²) in [5.41, 5.74) is 5.57. The van der Waals surface area contributed by atoms with Crippen molar-refractivity contribution in [2.75, 3.05) is 19.6 Å². The Morgan fingerprint density at radius 1 is 1.16 bits per heavy atom. The Balaban J connectivity index is 1.40. The van der Waals surface area contributed by atoms with E-state index in [-0.39, 0.29) is 18.1 Å². The first-order valence-corrected chi connectivity index (χ1v) is 7.66. The van der Waals surface area contributed by atoms with Crippen LogP contribution >= 0.6 is 0 Å². The highest BCUT2D eigenvalue weighted by Crippen LogP contribution is 2.29. The predicted octanol–water partition coefficient (Wildman–Crippen LogP) is 0.236. The standard InChI is InChI=1S/C14H25N3O2/c15-9-12-3-4-13(19-12)14(18)16-10-5-7-17(8-6-10)11-1-2-11/h10-13H,1-9,15H2,(H,16,18). The molecule has 108 valence electrons. The highest BCUT2D eigenvalue weighted by atomic mass is 16.5. The fourth-order valence-corrected chi connectivity index (χ4v) is 3.21. The van der Waals surface area contributed by atoms with Gasteiger partial charge in [-0.2, -0.15) is 0 Å². The second-order valence-corrected chi connectivity index (χ2v) is 6.11. The molecule has 2 aliphatic heterocycles. The zero-order valence-electron chi connectivity index (χ0n) is 11.5. The van der Waals surface area contributed by atoms with Crippen molar-refractivity contribution < 1.29 is 9.53 Å². The third-order valence-electron chi connectivity index (χ3n) is 4.60.